The van der Waals surface area contributed by atoms with Gasteiger partial charge in [-0.3, -0.25) is 0 Å². The first kappa shape index (κ1) is 13.7. The van der Waals surface area contributed by atoms with Gasteiger partial charge in [-0.2, -0.15) is 0 Å². The van der Waals surface area contributed by atoms with Gasteiger partial charge in [-0.1, -0.05) is 35.4 Å². The van der Waals surface area contributed by atoms with Crippen molar-refractivity contribution in [3.63, 3.8) is 0 Å². The molecule has 0 amide bonds. The number of aryl methyl sites for hydroxylation is 1. The number of rotatable bonds is 3. The quantitative estimate of drug-likeness (QED) is 0.856. The first-order valence-electron chi connectivity index (χ1n) is 5.99. The molecule has 0 fully saturated rings. The van der Waals surface area contributed by atoms with Gasteiger partial charge in [0.15, 0.2) is 0 Å². The highest BCUT2D eigenvalue weighted by Crippen LogP contribution is 2.32. The zero-order valence-corrected chi connectivity index (χ0v) is 11.5. The summed E-state index contributed by atoms with van der Waals surface area (Å²) in [5.41, 5.74) is 1.98. The number of phenols is 1. The molecule has 1 atom stereocenters. The van der Waals surface area contributed by atoms with Crippen LogP contribution in [0.3, 0.4) is 0 Å². The molecule has 0 heterocycles. The first-order chi connectivity index (χ1) is 8.99. The van der Waals surface area contributed by atoms with Crippen molar-refractivity contribution in [2.45, 2.75) is 19.9 Å². The van der Waals surface area contributed by atoms with Gasteiger partial charge in [-0.25, -0.2) is 4.39 Å². The van der Waals surface area contributed by atoms with Gasteiger partial charge in [0.1, 0.15) is 11.6 Å². The molecule has 0 aliphatic carbocycles. The minimum Gasteiger partial charge on any atom is -0.508 e. The van der Waals surface area contributed by atoms with Crippen LogP contribution in [0.2, 0.25) is 5.02 Å². The minimum absolute atomic E-state index is 0.179. The van der Waals surface area contributed by atoms with E-state index in [4.69, 9.17) is 11.6 Å². The van der Waals surface area contributed by atoms with Crippen molar-refractivity contribution in [1.29, 1.82) is 0 Å². The molecule has 0 bridgehead atoms. The van der Waals surface area contributed by atoms with Crippen LogP contribution in [0, 0.1) is 12.7 Å². The molecule has 19 heavy (non-hydrogen) atoms. The maximum absolute atomic E-state index is 13.7. The van der Waals surface area contributed by atoms with Crippen LogP contribution in [0.5, 0.6) is 5.75 Å². The van der Waals surface area contributed by atoms with E-state index in [1.807, 2.05) is 26.0 Å². The topological polar surface area (TPSA) is 32.3 Å². The Balaban J connectivity index is 2.31. The van der Waals surface area contributed by atoms with E-state index in [0.29, 0.717) is 10.6 Å². The van der Waals surface area contributed by atoms with Crippen LogP contribution in [0.25, 0.3) is 0 Å². The Bertz CT molecular complexity index is 580. The third kappa shape index (κ3) is 2.99. The number of hydrogen-bond acceptors (Lipinski definition) is 2. The summed E-state index contributed by atoms with van der Waals surface area (Å²) in [6.07, 6.45) is 0. The van der Waals surface area contributed by atoms with Crippen molar-refractivity contribution in [3.05, 3.63) is 58.4 Å². The van der Waals surface area contributed by atoms with Crippen LogP contribution in [0.15, 0.2) is 36.4 Å². The van der Waals surface area contributed by atoms with E-state index < -0.39 is 5.82 Å². The molecule has 0 saturated carbocycles. The summed E-state index contributed by atoms with van der Waals surface area (Å²) in [4.78, 5) is 0. The summed E-state index contributed by atoms with van der Waals surface area (Å²) in [5.74, 6) is -0.232. The Morgan fingerprint density at radius 2 is 2.00 bits per heavy atom. The van der Waals surface area contributed by atoms with Crippen LogP contribution in [-0.4, -0.2) is 5.11 Å². The maximum Gasteiger partial charge on any atom is 0.147 e. The molecular weight excluding hydrogens is 265 g/mol. The SMILES string of the molecule is Cc1ccc(O)c(C(C)Nc2c(F)cccc2Cl)c1. The molecule has 4 heteroatoms. The molecule has 0 aliphatic rings. The molecule has 2 nitrogen and oxygen atoms in total. The van der Waals surface area contributed by atoms with Crippen LogP contribution in [0.1, 0.15) is 24.1 Å². The van der Waals surface area contributed by atoms with Gasteiger partial charge >= 0.3 is 0 Å². The van der Waals surface area contributed by atoms with Gasteiger partial charge in [-0.15, -0.1) is 0 Å². The molecule has 2 N–H and O–H groups in total. The summed E-state index contributed by atoms with van der Waals surface area (Å²) in [6.45, 7) is 3.78. The Morgan fingerprint density at radius 1 is 1.26 bits per heavy atom. The van der Waals surface area contributed by atoms with E-state index in [0.717, 1.165) is 5.56 Å². The average molecular weight is 280 g/mol. The van der Waals surface area contributed by atoms with Crippen molar-refractivity contribution in [2.75, 3.05) is 5.32 Å². The second-order valence-corrected chi connectivity index (χ2v) is 4.93. The first-order valence-corrected chi connectivity index (χ1v) is 6.37. The Hall–Kier alpha value is -1.74. The highest BCUT2D eigenvalue weighted by atomic mass is 35.5. The molecule has 0 saturated heterocycles. The van der Waals surface area contributed by atoms with Gasteiger partial charge in [0.05, 0.1) is 16.8 Å². The second-order valence-electron chi connectivity index (χ2n) is 4.52. The zero-order chi connectivity index (χ0) is 14.0. The molecule has 0 aromatic heterocycles. The largest absolute Gasteiger partial charge is 0.508 e. The van der Waals surface area contributed by atoms with Crippen molar-refractivity contribution < 1.29 is 9.50 Å². The lowest BCUT2D eigenvalue weighted by Crippen LogP contribution is -2.09. The molecule has 1 unspecified atom stereocenters. The van der Waals surface area contributed by atoms with E-state index in [-0.39, 0.29) is 17.5 Å². The number of phenolic OH excluding ortho intramolecular Hbond substituents is 1. The lowest BCUT2D eigenvalue weighted by Gasteiger charge is -2.18. The third-order valence-electron chi connectivity index (χ3n) is 2.97. The standard InChI is InChI=1S/C15H15ClFNO/c1-9-6-7-14(19)11(8-9)10(2)18-15-12(16)4-3-5-13(15)17/h3-8,10,18-19H,1-2H3. The molecule has 0 spiro atoms. The molecule has 0 radical (unpaired) electrons. The Labute approximate surface area is 116 Å². The van der Waals surface area contributed by atoms with E-state index in [1.165, 1.54) is 6.07 Å². The minimum atomic E-state index is -0.411. The third-order valence-corrected chi connectivity index (χ3v) is 3.29. The van der Waals surface area contributed by atoms with Crippen LogP contribution >= 0.6 is 11.6 Å². The van der Waals surface area contributed by atoms with Crippen molar-refractivity contribution in [1.82, 2.24) is 0 Å². The molecular formula is C15H15ClFNO. The summed E-state index contributed by atoms with van der Waals surface area (Å²) in [7, 11) is 0. The lowest BCUT2D eigenvalue weighted by atomic mass is 10.0. The maximum atomic E-state index is 13.7. The summed E-state index contributed by atoms with van der Waals surface area (Å²) in [5, 5.41) is 13.2. The second kappa shape index (κ2) is 5.49. The van der Waals surface area contributed by atoms with Crippen molar-refractivity contribution in [3.8, 4) is 5.75 Å². The number of halogens is 2. The Morgan fingerprint density at radius 3 is 2.68 bits per heavy atom. The van der Waals surface area contributed by atoms with Crippen molar-refractivity contribution in [2.24, 2.45) is 0 Å². The summed E-state index contributed by atoms with van der Waals surface area (Å²) in [6, 6.07) is 9.58. The number of hydrogen-bond donors (Lipinski definition) is 2. The average Bonchev–Trinajstić information content (AvgIpc) is 2.37. The van der Waals surface area contributed by atoms with Crippen LogP contribution in [-0.2, 0) is 0 Å². The fraction of sp³-hybridized carbons (Fsp3) is 0.200. The fourth-order valence-electron chi connectivity index (χ4n) is 1.95. The molecule has 2 aromatic carbocycles. The molecule has 2 rings (SSSR count). The lowest BCUT2D eigenvalue weighted by molar-refractivity contribution is 0.465. The monoisotopic (exact) mass is 279 g/mol. The summed E-state index contributed by atoms with van der Waals surface area (Å²) < 4.78 is 13.7. The predicted molar refractivity (Wildman–Crippen MR) is 76.3 cm³/mol. The van der Waals surface area contributed by atoms with Gasteiger partial charge < -0.3 is 10.4 Å². The molecule has 100 valence electrons. The van der Waals surface area contributed by atoms with E-state index in [2.05, 4.69) is 5.32 Å². The van der Waals surface area contributed by atoms with Gasteiger partial charge in [0.2, 0.25) is 0 Å². The van der Waals surface area contributed by atoms with Crippen LogP contribution < -0.4 is 5.32 Å². The number of para-hydroxylation sites is 1. The van der Waals surface area contributed by atoms with E-state index in [1.54, 1.807) is 18.2 Å². The van der Waals surface area contributed by atoms with Gasteiger partial charge in [-0.05, 0) is 32.0 Å². The van der Waals surface area contributed by atoms with Gasteiger partial charge in [0, 0.05) is 5.56 Å². The van der Waals surface area contributed by atoms with Crippen LogP contribution in [0.4, 0.5) is 10.1 Å². The number of nitrogens with one attached hydrogen (secondary N) is 1. The summed E-state index contributed by atoms with van der Waals surface area (Å²) >= 11 is 5.97. The molecule has 2 aromatic rings. The smallest absolute Gasteiger partial charge is 0.147 e. The zero-order valence-electron chi connectivity index (χ0n) is 10.7. The fourth-order valence-corrected chi connectivity index (χ4v) is 2.17. The predicted octanol–water partition coefficient (Wildman–Crippen LogP) is 4.67. The Kier molecular flexibility index (Phi) is 3.96. The normalized spacial score (nSPS) is 12.2. The number of anilines is 1. The van der Waals surface area contributed by atoms with E-state index in [9.17, 15) is 9.50 Å². The van der Waals surface area contributed by atoms with Gasteiger partial charge in [0.25, 0.3) is 0 Å². The molecule has 0 aliphatic heterocycles. The van der Waals surface area contributed by atoms with E-state index >= 15 is 0 Å². The van der Waals surface area contributed by atoms with Crippen molar-refractivity contribution >= 4 is 17.3 Å². The highest BCUT2D eigenvalue weighted by molar-refractivity contribution is 6.33. The number of benzene rings is 2. The number of aromatic hydroxyl groups is 1. The highest BCUT2D eigenvalue weighted by Gasteiger charge is 2.14.